The number of carboxylic acid groups (broad SMARTS) is 1. The number of nitrogens with one attached hydrogen (secondary N) is 1. The molecule has 1 unspecified atom stereocenters. The zero-order chi connectivity index (χ0) is 26.3. The molecule has 1 saturated heterocycles. The van der Waals surface area contributed by atoms with E-state index in [-0.39, 0.29) is 17.6 Å². The number of amides is 2. The topological polar surface area (TPSA) is 121 Å². The highest BCUT2D eigenvalue weighted by molar-refractivity contribution is 6.39. The molecule has 1 aromatic carbocycles. The maximum absolute atomic E-state index is 13.1. The predicted octanol–water partition coefficient (Wildman–Crippen LogP) is 2.92. The summed E-state index contributed by atoms with van der Waals surface area (Å²) in [6.45, 7) is 1.31. The molecule has 0 aliphatic carbocycles. The molecule has 2 N–H and O–H groups in total. The minimum Gasteiger partial charge on any atom is -0.475 e. The van der Waals surface area contributed by atoms with Crippen LogP contribution in [0.25, 0.3) is 0 Å². The Kier molecular flexibility index (Phi) is 8.22. The lowest BCUT2D eigenvalue weighted by atomic mass is 9.87. The number of carbonyl (C=O) groups excluding carboxylic acids is 2. The van der Waals surface area contributed by atoms with Gasteiger partial charge in [-0.25, -0.2) is 9.18 Å². The van der Waals surface area contributed by atoms with Crippen molar-refractivity contribution in [3.63, 3.8) is 0 Å². The van der Waals surface area contributed by atoms with Crippen molar-refractivity contribution < 1.29 is 41.9 Å². The number of nitrogens with zero attached hydrogens (tertiary/aromatic N) is 3. The van der Waals surface area contributed by atoms with E-state index in [1.807, 2.05) is 12.1 Å². The van der Waals surface area contributed by atoms with Crippen LogP contribution in [0.15, 0.2) is 53.9 Å². The number of piperidine rings is 1. The van der Waals surface area contributed by atoms with E-state index in [0.717, 1.165) is 12.0 Å². The highest BCUT2D eigenvalue weighted by Crippen LogP contribution is 2.34. The lowest BCUT2D eigenvalue weighted by Gasteiger charge is -2.38. The number of carboxylic acids is 1. The van der Waals surface area contributed by atoms with Crippen molar-refractivity contribution in [3.05, 3.63) is 65.7 Å². The third kappa shape index (κ3) is 6.99. The third-order valence-electron chi connectivity index (χ3n) is 5.46. The van der Waals surface area contributed by atoms with Crippen molar-refractivity contribution in [3.8, 4) is 0 Å². The summed E-state index contributed by atoms with van der Waals surface area (Å²) in [6.07, 6.45) is 0.0600. The number of alkyl halides is 3. The Hall–Kier alpha value is -4.03. The SMILES string of the molecule is O=C(NCc1ccncc1)C1=NOC2(CCCN(C(=O)c3ccc(F)cc3)C2)C1.O=C(O)C(F)(F)F. The van der Waals surface area contributed by atoms with Crippen LogP contribution < -0.4 is 5.32 Å². The van der Waals surface area contributed by atoms with Crippen LogP contribution in [-0.2, 0) is 21.0 Å². The largest absolute Gasteiger partial charge is 0.490 e. The fourth-order valence-corrected chi connectivity index (χ4v) is 3.69. The second-order valence-electron chi connectivity index (χ2n) is 8.17. The molecule has 192 valence electrons. The van der Waals surface area contributed by atoms with Gasteiger partial charge in [0.1, 0.15) is 11.5 Å². The first kappa shape index (κ1) is 26.6. The van der Waals surface area contributed by atoms with Crippen LogP contribution in [-0.4, -0.2) is 63.4 Å². The molecule has 2 aliphatic rings. The first-order valence-electron chi connectivity index (χ1n) is 10.8. The van der Waals surface area contributed by atoms with Gasteiger partial charge in [-0.1, -0.05) is 5.16 Å². The number of rotatable bonds is 4. The molecule has 2 aromatic rings. The number of hydrogen-bond acceptors (Lipinski definition) is 6. The van der Waals surface area contributed by atoms with Crippen LogP contribution in [0, 0.1) is 5.82 Å². The van der Waals surface area contributed by atoms with Crippen molar-refractivity contribution in [1.82, 2.24) is 15.2 Å². The second-order valence-corrected chi connectivity index (χ2v) is 8.17. The van der Waals surface area contributed by atoms with Gasteiger partial charge in [-0.15, -0.1) is 0 Å². The van der Waals surface area contributed by atoms with Crippen LogP contribution in [0.4, 0.5) is 17.6 Å². The first-order chi connectivity index (χ1) is 17.0. The molecule has 1 atom stereocenters. The zero-order valence-electron chi connectivity index (χ0n) is 18.8. The molecule has 36 heavy (non-hydrogen) atoms. The monoisotopic (exact) mass is 510 g/mol. The summed E-state index contributed by atoms with van der Waals surface area (Å²) >= 11 is 0. The number of aromatic nitrogens is 1. The minimum absolute atomic E-state index is 0.178. The van der Waals surface area contributed by atoms with Gasteiger partial charge >= 0.3 is 12.1 Å². The fraction of sp³-hybridized carbons (Fsp3) is 0.348. The van der Waals surface area contributed by atoms with E-state index in [1.165, 1.54) is 24.3 Å². The number of carbonyl (C=O) groups is 3. The van der Waals surface area contributed by atoms with Gasteiger partial charge in [0.15, 0.2) is 5.60 Å². The van der Waals surface area contributed by atoms with Gasteiger partial charge in [0.05, 0.1) is 6.54 Å². The summed E-state index contributed by atoms with van der Waals surface area (Å²) in [6, 6.07) is 9.15. The number of hydrogen-bond donors (Lipinski definition) is 2. The van der Waals surface area contributed by atoms with Crippen molar-refractivity contribution >= 4 is 23.5 Å². The van der Waals surface area contributed by atoms with Gasteiger partial charge in [0.25, 0.3) is 11.8 Å². The van der Waals surface area contributed by atoms with Crippen LogP contribution in [0.2, 0.25) is 0 Å². The lowest BCUT2D eigenvalue weighted by Crippen LogP contribution is -2.51. The van der Waals surface area contributed by atoms with E-state index in [9.17, 15) is 27.2 Å². The van der Waals surface area contributed by atoms with Gasteiger partial charge in [-0.3, -0.25) is 14.6 Å². The molecule has 3 heterocycles. The highest BCUT2D eigenvalue weighted by Gasteiger charge is 2.45. The van der Waals surface area contributed by atoms with E-state index in [4.69, 9.17) is 14.7 Å². The molecule has 1 aromatic heterocycles. The molecule has 4 rings (SSSR count). The first-order valence-corrected chi connectivity index (χ1v) is 10.8. The molecule has 9 nitrogen and oxygen atoms in total. The molecule has 0 radical (unpaired) electrons. The summed E-state index contributed by atoms with van der Waals surface area (Å²) < 4.78 is 44.9. The van der Waals surface area contributed by atoms with Crippen molar-refractivity contribution in [2.24, 2.45) is 5.16 Å². The number of benzene rings is 1. The Bertz CT molecular complexity index is 1130. The van der Waals surface area contributed by atoms with Crippen molar-refractivity contribution in [2.45, 2.75) is 37.6 Å². The van der Waals surface area contributed by atoms with E-state index < -0.39 is 17.7 Å². The van der Waals surface area contributed by atoms with E-state index >= 15 is 0 Å². The van der Waals surface area contributed by atoms with Crippen molar-refractivity contribution in [1.29, 1.82) is 0 Å². The lowest BCUT2D eigenvalue weighted by molar-refractivity contribution is -0.192. The van der Waals surface area contributed by atoms with Gasteiger partial charge in [-0.2, -0.15) is 13.2 Å². The summed E-state index contributed by atoms with van der Waals surface area (Å²) in [7, 11) is 0. The Morgan fingerprint density at radius 2 is 1.75 bits per heavy atom. The minimum atomic E-state index is -5.08. The van der Waals surface area contributed by atoms with E-state index in [1.54, 1.807) is 17.3 Å². The van der Waals surface area contributed by atoms with Gasteiger partial charge in [0.2, 0.25) is 0 Å². The van der Waals surface area contributed by atoms with Crippen molar-refractivity contribution in [2.75, 3.05) is 13.1 Å². The Morgan fingerprint density at radius 1 is 1.11 bits per heavy atom. The quantitative estimate of drug-likeness (QED) is 0.611. The summed E-state index contributed by atoms with van der Waals surface area (Å²) in [4.78, 5) is 45.4. The number of halogens is 4. The van der Waals surface area contributed by atoms with E-state index in [0.29, 0.717) is 43.8 Å². The molecule has 1 fully saturated rings. The average Bonchev–Trinajstić information content (AvgIpc) is 3.26. The molecular weight excluding hydrogens is 488 g/mol. The number of aliphatic carboxylic acids is 1. The molecular formula is C23H22F4N4O5. The highest BCUT2D eigenvalue weighted by atomic mass is 19.4. The summed E-state index contributed by atoms with van der Waals surface area (Å²) in [5, 5.41) is 14.0. The molecule has 0 saturated carbocycles. The number of pyridine rings is 1. The Labute approximate surface area is 202 Å². The fourth-order valence-electron chi connectivity index (χ4n) is 3.69. The number of oxime groups is 1. The Morgan fingerprint density at radius 3 is 2.36 bits per heavy atom. The Balaban J connectivity index is 0.000000454. The van der Waals surface area contributed by atoms with Gasteiger partial charge in [-0.05, 0) is 54.8 Å². The molecule has 2 amide bonds. The van der Waals surface area contributed by atoms with E-state index in [2.05, 4.69) is 15.5 Å². The smallest absolute Gasteiger partial charge is 0.475 e. The maximum atomic E-state index is 13.1. The molecule has 0 bridgehead atoms. The summed E-state index contributed by atoms with van der Waals surface area (Å²) in [5.41, 5.74) is 1.02. The number of likely N-dealkylation sites (tertiary alicyclic amines) is 1. The zero-order valence-corrected chi connectivity index (χ0v) is 18.8. The average molecular weight is 510 g/mol. The standard InChI is InChI=1S/C21H21FN4O3.C2HF3O2/c22-17-4-2-16(3-5-17)20(28)26-11-1-8-21(14-26)12-18(25-29-21)19(27)24-13-15-6-9-23-10-7-15;3-2(4,5)1(6)7/h2-7,9-10H,1,8,11-14H2,(H,24,27);(H,6,7). The van der Waals surface area contributed by atoms with Crippen LogP contribution in [0.1, 0.15) is 35.2 Å². The summed E-state index contributed by atoms with van der Waals surface area (Å²) in [5.74, 6) is -3.59. The van der Waals surface area contributed by atoms with Gasteiger partial charge in [0, 0.05) is 37.5 Å². The molecule has 1 spiro atoms. The molecule has 2 aliphatic heterocycles. The third-order valence-corrected chi connectivity index (χ3v) is 5.46. The van der Waals surface area contributed by atoms with Crippen LogP contribution in [0.3, 0.4) is 0 Å². The van der Waals surface area contributed by atoms with Gasteiger partial charge < -0.3 is 20.2 Å². The predicted molar refractivity (Wildman–Crippen MR) is 117 cm³/mol. The van der Waals surface area contributed by atoms with Crippen LogP contribution >= 0.6 is 0 Å². The normalized spacial score (nSPS) is 19.0. The second kappa shape index (κ2) is 11.1. The van der Waals surface area contributed by atoms with Crippen LogP contribution in [0.5, 0.6) is 0 Å². The molecule has 13 heteroatoms. The maximum Gasteiger partial charge on any atom is 0.490 e.